The van der Waals surface area contributed by atoms with E-state index >= 15 is 0 Å². The van der Waals surface area contributed by atoms with Crippen LogP contribution in [-0.4, -0.2) is 15.0 Å². The van der Waals surface area contributed by atoms with Gasteiger partial charge < -0.3 is 5.73 Å². The normalized spacial score (nSPS) is 11.5. The molecular formula is C13H16N4. The van der Waals surface area contributed by atoms with Gasteiger partial charge in [0.2, 0.25) is 0 Å². The monoisotopic (exact) mass is 228 g/mol. The van der Waals surface area contributed by atoms with E-state index in [-0.39, 0.29) is 5.41 Å². The van der Waals surface area contributed by atoms with Gasteiger partial charge in [0.15, 0.2) is 5.82 Å². The Labute approximate surface area is 101 Å². The van der Waals surface area contributed by atoms with Crippen LogP contribution in [0.1, 0.15) is 26.5 Å². The number of hydrogen-bond acceptors (Lipinski definition) is 4. The summed E-state index contributed by atoms with van der Waals surface area (Å²) in [4.78, 5) is 12.8. The number of anilines is 1. The van der Waals surface area contributed by atoms with Gasteiger partial charge in [0.1, 0.15) is 5.82 Å². The molecule has 0 unspecified atom stereocenters. The van der Waals surface area contributed by atoms with E-state index in [2.05, 4.69) is 35.7 Å². The number of nitrogen functional groups attached to an aromatic ring is 1. The molecule has 0 amide bonds. The molecule has 0 atom stereocenters. The van der Waals surface area contributed by atoms with Gasteiger partial charge in [-0.2, -0.15) is 0 Å². The van der Waals surface area contributed by atoms with Crippen molar-refractivity contribution in [3.8, 4) is 11.4 Å². The molecule has 4 heteroatoms. The quantitative estimate of drug-likeness (QED) is 0.814. The van der Waals surface area contributed by atoms with Gasteiger partial charge in [-0.3, -0.25) is 4.98 Å². The Balaban J connectivity index is 2.54. The zero-order valence-corrected chi connectivity index (χ0v) is 10.3. The van der Waals surface area contributed by atoms with Gasteiger partial charge in [-0.05, 0) is 12.1 Å². The average Bonchev–Trinajstić information content (AvgIpc) is 2.28. The molecule has 2 N–H and O–H groups in total. The van der Waals surface area contributed by atoms with Crippen molar-refractivity contribution in [3.05, 3.63) is 36.3 Å². The van der Waals surface area contributed by atoms with Gasteiger partial charge in [-0.1, -0.05) is 20.8 Å². The van der Waals surface area contributed by atoms with E-state index in [4.69, 9.17) is 5.73 Å². The Morgan fingerprint density at radius 1 is 1.06 bits per heavy atom. The van der Waals surface area contributed by atoms with Crippen molar-refractivity contribution in [2.45, 2.75) is 26.2 Å². The first-order valence-electron chi connectivity index (χ1n) is 5.52. The lowest BCUT2D eigenvalue weighted by Gasteiger charge is -2.18. The third-order valence-electron chi connectivity index (χ3n) is 2.45. The number of pyridine rings is 1. The number of hydrogen-bond donors (Lipinski definition) is 1. The molecule has 88 valence electrons. The van der Waals surface area contributed by atoms with Crippen molar-refractivity contribution in [3.63, 3.8) is 0 Å². The van der Waals surface area contributed by atoms with Crippen molar-refractivity contribution in [1.29, 1.82) is 0 Å². The first kappa shape index (κ1) is 11.5. The van der Waals surface area contributed by atoms with Crippen molar-refractivity contribution in [2.75, 3.05) is 5.73 Å². The van der Waals surface area contributed by atoms with E-state index in [0.717, 1.165) is 11.3 Å². The summed E-state index contributed by atoms with van der Waals surface area (Å²) in [7, 11) is 0. The third kappa shape index (κ3) is 2.58. The number of rotatable bonds is 1. The van der Waals surface area contributed by atoms with Crippen molar-refractivity contribution < 1.29 is 0 Å². The fraction of sp³-hybridized carbons (Fsp3) is 0.308. The van der Waals surface area contributed by atoms with Gasteiger partial charge in [0.25, 0.3) is 0 Å². The summed E-state index contributed by atoms with van der Waals surface area (Å²) in [6, 6.07) is 5.58. The smallest absolute Gasteiger partial charge is 0.161 e. The molecule has 0 aliphatic carbocycles. The first-order valence-corrected chi connectivity index (χ1v) is 5.52. The molecular weight excluding hydrogens is 212 g/mol. The summed E-state index contributed by atoms with van der Waals surface area (Å²) in [5.41, 5.74) is 7.65. The second-order valence-corrected chi connectivity index (χ2v) is 4.99. The molecule has 0 saturated heterocycles. The largest absolute Gasteiger partial charge is 0.384 e. The number of nitrogens with two attached hydrogens (primary N) is 1. The maximum absolute atomic E-state index is 5.83. The fourth-order valence-corrected chi connectivity index (χ4v) is 1.48. The molecule has 0 spiro atoms. The zero-order chi connectivity index (χ0) is 12.5. The summed E-state index contributed by atoms with van der Waals surface area (Å²) in [6.07, 6.45) is 3.44. The van der Waals surface area contributed by atoms with Crippen LogP contribution < -0.4 is 5.73 Å². The van der Waals surface area contributed by atoms with Gasteiger partial charge in [-0.15, -0.1) is 0 Å². The lowest BCUT2D eigenvalue weighted by molar-refractivity contribution is 0.568. The molecule has 0 aliphatic rings. The Kier molecular flexibility index (Phi) is 2.79. The van der Waals surface area contributed by atoms with Crippen LogP contribution in [0.5, 0.6) is 0 Å². The summed E-state index contributed by atoms with van der Waals surface area (Å²) in [6.45, 7) is 6.31. The maximum Gasteiger partial charge on any atom is 0.161 e. The highest BCUT2D eigenvalue weighted by atomic mass is 15.0. The molecule has 2 rings (SSSR count). The topological polar surface area (TPSA) is 64.7 Å². The minimum Gasteiger partial charge on any atom is -0.384 e. The Bertz CT molecular complexity index is 515. The third-order valence-corrected chi connectivity index (χ3v) is 2.45. The van der Waals surface area contributed by atoms with Gasteiger partial charge in [0, 0.05) is 29.4 Å². The minimum atomic E-state index is -0.0428. The highest BCUT2D eigenvalue weighted by Gasteiger charge is 2.17. The molecule has 0 saturated carbocycles. The number of aromatic nitrogens is 3. The predicted molar refractivity (Wildman–Crippen MR) is 68.4 cm³/mol. The summed E-state index contributed by atoms with van der Waals surface area (Å²) in [5.74, 6) is 1.15. The lowest BCUT2D eigenvalue weighted by atomic mass is 9.92. The summed E-state index contributed by atoms with van der Waals surface area (Å²) < 4.78 is 0. The van der Waals surface area contributed by atoms with Crippen molar-refractivity contribution >= 4 is 5.82 Å². The first-order chi connectivity index (χ1) is 7.97. The molecule has 0 aliphatic heterocycles. The van der Waals surface area contributed by atoms with Crippen LogP contribution in [0.2, 0.25) is 0 Å². The molecule has 0 fully saturated rings. The van der Waals surface area contributed by atoms with Crippen LogP contribution in [0.15, 0.2) is 30.6 Å². The van der Waals surface area contributed by atoms with E-state index in [1.54, 1.807) is 12.4 Å². The SMILES string of the molecule is CC(C)(C)c1cc(N)nc(-c2ccncc2)n1. The van der Waals surface area contributed by atoms with E-state index in [9.17, 15) is 0 Å². The Hall–Kier alpha value is -1.97. The van der Waals surface area contributed by atoms with Crippen LogP contribution in [-0.2, 0) is 5.41 Å². The zero-order valence-electron chi connectivity index (χ0n) is 10.3. The molecule has 0 radical (unpaired) electrons. The standard InChI is InChI=1S/C13H16N4/c1-13(2,3)10-8-11(14)17-12(16-10)9-4-6-15-7-5-9/h4-8H,1-3H3,(H2,14,16,17). The van der Waals surface area contributed by atoms with Crippen molar-refractivity contribution in [1.82, 2.24) is 15.0 Å². The highest BCUT2D eigenvalue weighted by Crippen LogP contribution is 2.24. The second kappa shape index (κ2) is 4.13. The van der Waals surface area contributed by atoms with Crippen LogP contribution in [0.4, 0.5) is 5.82 Å². The maximum atomic E-state index is 5.83. The van der Waals surface area contributed by atoms with E-state index in [0.29, 0.717) is 11.6 Å². The van der Waals surface area contributed by atoms with Gasteiger partial charge in [-0.25, -0.2) is 9.97 Å². The second-order valence-electron chi connectivity index (χ2n) is 4.99. The van der Waals surface area contributed by atoms with Crippen LogP contribution in [0.3, 0.4) is 0 Å². The average molecular weight is 228 g/mol. The van der Waals surface area contributed by atoms with Gasteiger partial charge >= 0.3 is 0 Å². The molecule has 17 heavy (non-hydrogen) atoms. The van der Waals surface area contributed by atoms with Crippen LogP contribution >= 0.6 is 0 Å². The Morgan fingerprint density at radius 3 is 2.29 bits per heavy atom. The lowest BCUT2D eigenvalue weighted by Crippen LogP contribution is -2.15. The summed E-state index contributed by atoms with van der Waals surface area (Å²) >= 11 is 0. The van der Waals surface area contributed by atoms with E-state index in [1.807, 2.05) is 18.2 Å². The fourth-order valence-electron chi connectivity index (χ4n) is 1.48. The molecule has 0 aromatic carbocycles. The van der Waals surface area contributed by atoms with Crippen LogP contribution in [0.25, 0.3) is 11.4 Å². The molecule has 2 heterocycles. The van der Waals surface area contributed by atoms with Crippen LogP contribution in [0, 0.1) is 0 Å². The minimum absolute atomic E-state index is 0.0428. The molecule has 2 aromatic rings. The summed E-state index contributed by atoms with van der Waals surface area (Å²) in [5, 5.41) is 0. The molecule has 0 bridgehead atoms. The predicted octanol–water partition coefficient (Wildman–Crippen LogP) is 2.42. The van der Waals surface area contributed by atoms with Gasteiger partial charge in [0.05, 0.1) is 5.69 Å². The van der Waals surface area contributed by atoms with E-state index in [1.165, 1.54) is 0 Å². The highest BCUT2D eigenvalue weighted by molar-refractivity contribution is 5.56. The van der Waals surface area contributed by atoms with Crippen molar-refractivity contribution in [2.24, 2.45) is 0 Å². The Morgan fingerprint density at radius 2 is 1.71 bits per heavy atom. The number of nitrogens with zero attached hydrogens (tertiary/aromatic N) is 3. The van der Waals surface area contributed by atoms with E-state index < -0.39 is 0 Å². The molecule has 4 nitrogen and oxygen atoms in total. The molecule has 2 aromatic heterocycles.